The Morgan fingerprint density at radius 2 is 1.71 bits per heavy atom. The maximum atomic E-state index is 13.2. The Bertz CT molecular complexity index is 1390. The number of thiophene rings is 1. The summed E-state index contributed by atoms with van der Waals surface area (Å²) in [5.74, 6) is -0.591. The van der Waals surface area contributed by atoms with Gasteiger partial charge in [0, 0.05) is 29.7 Å². The van der Waals surface area contributed by atoms with Crippen molar-refractivity contribution in [1.29, 1.82) is 0 Å². The van der Waals surface area contributed by atoms with E-state index < -0.39 is 29.6 Å². The molecule has 1 aromatic carbocycles. The van der Waals surface area contributed by atoms with Gasteiger partial charge in [-0.2, -0.15) is 36.5 Å². The predicted octanol–water partition coefficient (Wildman–Crippen LogP) is 5.99. The molecule has 0 unspecified atom stereocenters. The number of fused-ring (bicyclic) bond motifs is 1. The number of rotatable bonds is 4. The number of aromatic nitrogens is 4. The van der Waals surface area contributed by atoms with Crippen molar-refractivity contribution in [3.8, 4) is 5.69 Å². The average molecular weight is 499 g/mol. The molecule has 1 aliphatic carbocycles. The summed E-state index contributed by atoms with van der Waals surface area (Å²) in [7, 11) is 1.36. The summed E-state index contributed by atoms with van der Waals surface area (Å²) < 4.78 is 81.2. The minimum absolute atomic E-state index is 0.0204. The number of hydrogen-bond acceptors (Lipinski definition) is 4. The van der Waals surface area contributed by atoms with Crippen LogP contribution in [0.4, 0.5) is 32.0 Å². The van der Waals surface area contributed by atoms with E-state index in [9.17, 15) is 31.1 Å². The van der Waals surface area contributed by atoms with Crippen molar-refractivity contribution in [2.24, 2.45) is 7.05 Å². The molecule has 0 bridgehead atoms. The normalized spacial score (nSPS) is 14.7. The molecule has 1 aliphatic rings. The molecule has 4 aromatic rings. The van der Waals surface area contributed by atoms with Crippen molar-refractivity contribution >= 4 is 33.1 Å². The lowest BCUT2D eigenvalue weighted by atomic mass is 10.2. The van der Waals surface area contributed by atoms with Gasteiger partial charge in [-0.05, 0) is 49.2 Å². The molecule has 1 fully saturated rings. The van der Waals surface area contributed by atoms with Crippen molar-refractivity contribution in [3.05, 3.63) is 58.4 Å². The molecule has 5 rings (SSSR count). The van der Waals surface area contributed by atoms with Crippen LogP contribution in [0.25, 0.3) is 15.9 Å². The number of halogens is 6. The smallest absolute Gasteiger partial charge is 0.321 e. The summed E-state index contributed by atoms with van der Waals surface area (Å²) in [5.41, 5.74) is -0.823. The summed E-state index contributed by atoms with van der Waals surface area (Å²) in [4.78, 5) is 12.9. The van der Waals surface area contributed by atoms with Crippen LogP contribution in [0.15, 0.2) is 36.4 Å². The highest BCUT2D eigenvalue weighted by molar-refractivity contribution is 7.20. The van der Waals surface area contributed by atoms with E-state index in [-0.39, 0.29) is 21.0 Å². The Morgan fingerprint density at radius 3 is 2.29 bits per heavy atom. The molecule has 0 aliphatic heterocycles. The van der Waals surface area contributed by atoms with E-state index in [1.54, 1.807) is 0 Å². The summed E-state index contributed by atoms with van der Waals surface area (Å²) in [5, 5.41) is 9.62. The summed E-state index contributed by atoms with van der Waals surface area (Å²) >= 11 is 0.873. The van der Waals surface area contributed by atoms with Gasteiger partial charge in [-0.15, -0.1) is 11.3 Å². The van der Waals surface area contributed by atoms with Crippen molar-refractivity contribution in [2.75, 3.05) is 5.32 Å². The van der Waals surface area contributed by atoms with Gasteiger partial charge in [0.2, 0.25) is 0 Å². The van der Waals surface area contributed by atoms with Gasteiger partial charge in [-0.3, -0.25) is 9.48 Å². The largest absolute Gasteiger partial charge is 0.435 e. The number of carbonyl (C=O) groups is 1. The average Bonchev–Trinajstić information content (AvgIpc) is 3.19. The number of hydrogen-bond donors (Lipinski definition) is 1. The topological polar surface area (TPSA) is 64.7 Å². The molecule has 6 nitrogen and oxygen atoms in total. The first-order valence-electron chi connectivity index (χ1n) is 10.0. The van der Waals surface area contributed by atoms with Gasteiger partial charge in [0.25, 0.3) is 5.91 Å². The molecule has 3 heterocycles. The predicted molar refractivity (Wildman–Crippen MR) is 112 cm³/mol. The molecule has 1 amide bonds. The molecule has 1 N–H and O–H groups in total. The fourth-order valence-electron chi connectivity index (χ4n) is 3.65. The van der Waals surface area contributed by atoms with Gasteiger partial charge in [-0.1, -0.05) is 0 Å². The number of alkyl halides is 6. The molecule has 3 aromatic heterocycles. The Balaban J connectivity index is 1.38. The molecule has 13 heteroatoms. The molecule has 34 heavy (non-hydrogen) atoms. The lowest BCUT2D eigenvalue weighted by Gasteiger charge is -2.09. The van der Waals surface area contributed by atoms with Gasteiger partial charge in [-0.25, -0.2) is 4.68 Å². The van der Waals surface area contributed by atoms with Gasteiger partial charge in [0.15, 0.2) is 11.4 Å². The third kappa shape index (κ3) is 4.04. The zero-order chi connectivity index (χ0) is 24.4. The van der Waals surface area contributed by atoms with Crippen LogP contribution in [0.3, 0.4) is 0 Å². The quantitative estimate of drug-likeness (QED) is 0.351. The minimum Gasteiger partial charge on any atom is -0.321 e. The lowest BCUT2D eigenvalue weighted by Crippen LogP contribution is -2.11. The second-order valence-corrected chi connectivity index (χ2v) is 8.97. The van der Waals surface area contributed by atoms with Crippen LogP contribution in [0.5, 0.6) is 0 Å². The SMILES string of the molecule is Cn1nc(C(F)(F)F)c2cc(C(=O)Nc3ccc(-n4nc(C(F)(F)F)cc4C4CC4)cc3)sc21. The minimum atomic E-state index is -4.65. The summed E-state index contributed by atoms with van der Waals surface area (Å²) in [6, 6.07) is 8.23. The fraction of sp³-hybridized carbons (Fsp3) is 0.286. The number of amides is 1. The number of nitrogens with zero attached hydrogens (tertiary/aromatic N) is 4. The van der Waals surface area contributed by atoms with Gasteiger partial charge >= 0.3 is 12.4 Å². The monoisotopic (exact) mass is 499 g/mol. The Labute approximate surface area is 191 Å². The number of benzene rings is 1. The molecule has 0 atom stereocenters. The second kappa shape index (κ2) is 7.58. The molecular formula is C21H15F6N5OS. The Kier molecular flexibility index (Phi) is 5.01. The van der Waals surface area contributed by atoms with E-state index >= 15 is 0 Å². The summed E-state index contributed by atoms with van der Waals surface area (Å²) in [6.07, 6.45) is -7.63. The first kappa shape index (κ1) is 22.4. The van der Waals surface area contributed by atoms with E-state index in [1.807, 2.05) is 0 Å². The molecule has 0 saturated heterocycles. The van der Waals surface area contributed by atoms with Crippen LogP contribution < -0.4 is 5.32 Å². The Morgan fingerprint density at radius 1 is 1.03 bits per heavy atom. The molecule has 0 radical (unpaired) electrons. The zero-order valence-corrected chi connectivity index (χ0v) is 18.1. The zero-order valence-electron chi connectivity index (χ0n) is 17.3. The van der Waals surface area contributed by atoms with Crippen LogP contribution >= 0.6 is 11.3 Å². The highest BCUT2D eigenvalue weighted by atomic mass is 32.1. The molecule has 0 spiro atoms. The van der Waals surface area contributed by atoms with E-state index in [1.165, 1.54) is 36.0 Å². The van der Waals surface area contributed by atoms with E-state index in [2.05, 4.69) is 15.5 Å². The van der Waals surface area contributed by atoms with E-state index in [4.69, 9.17) is 0 Å². The van der Waals surface area contributed by atoms with E-state index in [0.717, 1.165) is 41.0 Å². The van der Waals surface area contributed by atoms with Crippen LogP contribution in [0, 0.1) is 0 Å². The van der Waals surface area contributed by atoms with E-state index in [0.29, 0.717) is 17.1 Å². The standard InChI is InChI=1S/C21H15F6N5OS/c1-31-19-13(17(30-31)21(25,26)27)8-15(34-19)18(33)28-11-4-6-12(7-5-11)32-14(10-2-3-10)9-16(29-32)20(22,23)24/h4-10H,2-3H2,1H3,(H,28,33). The molecule has 178 valence electrons. The van der Waals surface area contributed by atoms with Gasteiger partial charge < -0.3 is 5.32 Å². The fourth-order valence-corrected chi connectivity index (χ4v) is 4.62. The number of carbonyl (C=O) groups excluding carboxylic acids is 1. The first-order chi connectivity index (χ1) is 15.9. The van der Waals surface area contributed by atoms with Crippen molar-refractivity contribution in [2.45, 2.75) is 31.1 Å². The van der Waals surface area contributed by atoms with Crippen LogP contribution in [-0.4, -0.2) is 25.5 Å². The maximum Gasteiger partial charge on any atom is 0.435 e. The molecular weight excluding hydrogens is 484 g/mol. The van der Waals surface area contributed by atoms with Crippen LogP contribution in [0.2, 0.25) is 0 Å². The first-order valence-corrected chi connectivity index (χ1v) is 10.9. The van der Waals surface area contributed by atoms with Crippen molar-refractivity contribution < 1.29 is 31.1 Å². The lowest BCUT2D eigenvalue weighted by molar-refractivity contribution is -0.141. The summed E-state index contributed by atoms with van der Waals surface area (Å²) in [6.45, 7) is 0. The number of aryl methyl sites for hydroxylation is 1. The van der Waals surface area contributed by atoms with Crippen molar-refractivity contribution in [1.82, 2.24) is 19.6 Å². The maximum absolute atomic E-state index is 13.2. The third-order valence-electron chi connectivity index (χ3n) is 5.40. The van der Waals surface area contributed by atoms with Crippen LogP contribution in [0.1, 0.15) is 45.5 Å². The van der Waals surface area contributed by atoms with Crippen molar-refractivity contribution in [3.63, 3.8) is 0 Å². The highest BCUT2D eigenvalue weighted by Crippen LogP contribution is 2.43. The highest BCUT2D eigenvalue weighted by Gasteiger charge is 2.39. The van der Waals surface area contributed by atoms with Gasteiger partial charge in [0.05, 0.1) is 10.6 Å². The number of anilines is 1. The Hall–Kier alpha value is -3.35. The number of nitrogens with one attached hydrogen (secondary N) is 1. The second-order valence-electron chi connectivity index (χ2n) is 7.94. The van der Waals surface area contributed by atoms with Gasteiger partial charge in [0.1, 0.15) is 4.83 Å². The van der Waals surface area contributed by atoms with Crippen LogP contribution in [-0.2, 0) is 19.4 Å². The third-order valence-corrected chi connectivity index (χ3v) is 6.60. The molecule has 1 saturated carbocycles.